The molecule has 94 valence electrons. The molecule has 1 N–H and O–H groups in total. The van der Waals surface area contributed by atoms with E-state index in [2.05, 4.69) is 32.0 Å². The van der Waals surface area contributed by atoms with E-state index in [-0.39, 0.29) is 6.03 Å². The zero-order valence-corrected chi connectivity index (χ0v) is 11.6. The van der Waals surface area contributed by atoms with Crippen LogP contribution < -0.4 is 9.62 Å². The van der Waals surface area contributed by atoms with Crippen LogP contribution in [-0.2, 0) is 12.8 Å². The van der Waals surface area contributed by atoms with Crippen molar-refractivity contribution in [1.82, 2.24) is 5.32 Å². The number of nitrogens with zero attached hydrogens (tertiary/aromatic N) is 1. The second-order valence-electron chi connectivity index (χ2n) is 3.78. The van der Waals surface area contributed by atoms with Gasteiger partial charge in [0.05, 0.1) is 5.69 Å². The molecule has 4 heteroatoms. The summed E-state index contributed by atoms with van der Waals surface area (Å²) >= 11 is 4.32. The predicted octanol–water partition coefficient (Wildman–Crippen LogP) is 3.19. The minimum atomic E-state index is -0.175. The summed E-state index contributed by atoms with van der Waals surface area (Å²) in [5.41, 5.74) is 3.21. The van der Waals surface area contributed by atoms with Crippen molar-refractivity contribution in [3.05, 3.63) is 29.3 Å². The van der Waals surface area contributed by atoms with Crippen molar-refractivity contribution in [3.8, 4) is 0 Å². The molecule has 0 fully saturated rings. The number of nitrogens with one attached hydrogen (secondary N) is 1. The lowest BCUT2D eigenvalue weighted by molar-refractivity contribution is 0.250. The normalized spacial score (nSPS) is 10.1. The maximum atomic E-state index is 11.8. The van der Waals surface area contributed by atoms with E-state index >= 15 is 0 Å². The monoisotopic (exact) mass is 252 g/mol. The van der Waals surface area contributed by atoms with Crippen LogP contribution in [0, 0.1) is 0 Å². The molecular weight excluding hydrogens is 232 g/mol. The number of carbonyl (C=O) groups is 1. The van der Waals surface area contributed by atoms with Crippen molar-refractivity contribution in [1.29, 1.82) is 0 Å². The van der Waals surface area contributed by atoms with Gasteiger partial charge in [0, 0.05) is 6.54 Å². The highest BCUT2D eigenvalue weighted by Crippen LogP contribution is 2.28. The number of carbonyl (C=O) groups excluding carboxylic acids is 1. The van der Waals surface area contributed by atoms with Crippen LogP contribution in [-0.4, -0.2) is 12.6 Å². The molecule has 0 spiro atoms. The van der Waals surface area contributed by atoms with Crippen LogP contribution >= 0.6 is 12.8 Å². The molecule has 0 bridgehead atoms. The maximum absolute atomic E-state index is 11.8. The van der Waals surface area contributed by atoms with Crippen LogP contribution in [0.15, 0.2) is 18.2 Å². The molecule has 17 heavy (non-hydrogen) atoms. The van der Waals surface area contributed by atoms with Gasteiger partial charge in [-0.2, -0.15) is 0 Å². The first-order valence-corrected chi connectivity index (χ1v) is 6.43. The van der Waals surface area contributed by atoms with Crippen molar-refractivity contribution in [2.45, 2.75) is 33.6 Å². The molecule has 0 radical (unpaired) electrons. The Hall–Kier alpha value is -1.16. The SMILES string of the molecule is CCNC(=O)N(S)c1c(CC)cccc1CC. The van der Waals surface area contributed by atoms with Gasteiger partial charge in [-0.15, -0.1) is 0 Å². The van der Waals surface area contributed by atoms with Gasteiger partial charge < -0.3 is 5.32 Å². The van der Waals surface area contributed by atoms with E-state index in [1.165, 1.54) is 4.31 Å². The van der Waals surface area contributed by atoms with E-state index in [9.17, 15) is 4.79 Å². The van der Waals surface area contributed by atoms with E-state index in [1.807, 2.05) is 25.1 Å². The Morgan fingerprint density at radius 3 is 2.18 bits per heavy atom. The molecule has 0 aliphatic carbocycles. The number of amides is 2. The van der Waals surface area contributed by atoms with E-state index in [0.29, 0.717) is 6.54 Å². The number of urea groups is 1. The van der Waals surface area contributed by atoms with Gasteiger partial charge in [0.25, 0.3) is 0 Å². The van der Waals surface area contributed by atoms with Gasteiger partial charge in [0.2, 0.25) is 0 Å². The largest absolute Gasteiger partial charge is 0.337 e. The molecule has 0 saturated heterocycles. The highest BCUT2D eigenvalue weighted by atomic mass is 32.1. The third-order valence-corrected chi connectivity index (χ3v) is 3.08. The Labute approximate surface area is 109 Å². The second kappa shape index (κ2) is 6.55. The first-order chi connectivity index (χ1) is 8.15. The topological polar surface area (TPSA) is 32.3 Å². The number of thiol groups is 1. The summed E-state index contributed by atoms with van der Waals surface area (Å²) in [6, 6.07) is 5.93. The van der Waals surface area contributed by atoms with Gasteiger partial charge in [-0.05, 0) is 30.9 Å². The van der Waals surface area contributed by atoms with E-state index < -0.39 is 0 Å². The van der Waals surface area contributed by atoms with E-state index in [4.69, 9.17) is 0 Å². The fourth-order valence-electron chi connectivity index (χ4n) is 1.81. The number of hydrogen-bond acceptors (Lipinski definition) is 2. The molecule has 0 aliphatic rings. The summed E-state index contributed by atoms with van der Waals surface area (Å²) in [6.45, 7) is 6.66. The molecule has 0 saturated carbocycles. The van der Waals surface area contributed by atoms with Crippen LogP contribution in [0.2, 0.25) is 0 Å². The first kappa shape index (κ1) is 13.9. The molecule has 2 amide bonds. The Bertz CT molecular complexity index is 371. The van der Waals surface area contributed by atoms with Crippen molar-refractivity contribution in [2.24, 2.45) is 0 Å². The minimum Gasteiger partial charge on any atom is -0.337 e. The number of aryl methyl sites for hydroxylation is 2. The molecule has 1 aromatic rings. The third kappa shape index (κ3) is 3.16. The smallest absolute Gasteiger partial charge is 0.331 e. The van der Waals surface area contributed by atoms with Crippen molar-refractivity contribution in [3.63, 3.8) is 0 Å². The number of para-hydroxylation sites is 1. The average Bonchev–Trinajstić information content (AvgIpc) is 2.37. The Kier molecular flexibility index (Phi) is 5.35. The molecule has 3 nitrogen and oxygen atoms in total. The summed E-state index contributed by atoms with van der Waals surface area (Å²) < 4.78 is 1.42. The number of hydrogen-bond donors (Lipinski definition) is 2. The molecule has 0 unspecified atom stereocenters. The summed E-state index contributed by atoms with van der Waals surface area (Å²) in [5.74, 6) is 0. The van der Waals surface area contributed by atoms with Crippen molar-refractivity contribution in [2.75, 3.05) is 10.8 Å². The molecule has 0 aliphatic heterocycles. The van der Waals surface area contributed by atoms with E-state index in [0.717, 1.165) is 29.7 Å². The van der Waals surface area contributed by atoms with Crippen LogP contribution in [0.3, 0.4) is 0 Å². The van der Waals surface area contributed by atoms with Gasteiger partial charge in [0.15, 0.2) is 0 Å². The first-order valence-electron chi connectivity index (χ1n) is 6.03. The zero-order valence-electron chi connectivity index (χ0n) is 10.7. The summed E-state index contributed by atoms with van der Waals surface area (Å²) in [6.07, 6.45) is 1.78. The zero-order chi connectivity index (χ0) is 12.8. The molecule has 0 aromatic heterocycles. The molecule has 0 heterocycles. The summed E-state index contributed by atoms with van der Waals surface area (Å²) in [4.78, 5) is 11.8. The van der Waals surface area contributed by atoms with Gasteiger partial charge in [-0.1, -0.05) is 44.9 Å². The van der Waals surface area contributed by atoms with Gasteiger partial charge in [0.1, 0.15) is 0 Å². The number of benzene rings is 1. The predicted molar refractivity (Wildman–Crippen MR) is 75.7 cm³/mol. The fraction of sp³-hybridized carbons (Fsp3) is 0.462. The summed E-state index contributed by atoms with van der Waals surface area (Å²) in [5, 5.41) is 2.76. The van der Waals surface area contributed by atoms with Crippen LogP contribution in [0.4, 0.5) is 10.5 Å². The number of anilines is 1. The Balaban J connectivity index is 3.13. The fourth-order valence-corrected chi connectivity index (χ4v) is 2.14. The molecule has 1 aromatic carbocycles. The van der Waals surface area contributed by atoms with Crippen molar-refractivity contribution >= 4 is 24.5 Å². The lowest BCUT2D eigenvalue weighted by Crippen LogP contribution is -2.34. The van der Waals surface area contributed by atoms with Gasteiger partial charge in [-0.3, -0.25) is 0 Å². The van der Waals surface area contributed by atoms with Crippen LogP contribution in [0.5, 0.6) is 0 Å². The molecule has 0 atom stereocenters. The van der Waals surface area contributed by atoms with Gasteiger partial charge in [-0.25, -0.2) is 9.10 Å². The molecular formula is C13H20N2OS. The highest BCUT2D eigenvalue weighted by molar-refractivity contribution is 7.82. The average molecular weight is 252 g/mol. The van der Waals surface area contributed by atoms with Crippen LogP contribution in [0.25, 0.3) is 0 Å². The van der Waals surface area contributed by atoms with Crippen molar-refractivity contribution < 1.29 is 4.79 Å². The Morgan fingerprint density at radius 2 is 1.76 bits per heavy atom. The quantitative estimate of drug-likeness (QED) is 0.793. The number of rotatable bonds is 4. The van der Waals surface area contributed by atoms with Crippen LogP contribution in [0.1, 0.15) is 31.9 Å². The molecule has 1 rings (SSSR count). The standard InChI is InChI=1S/C13H20N2OS/c1-4-10-8-7-9-11(5-2)12(10)15(17)13(16)14-6-3/h7-9,17H,4-6H2,1-3H3,(H,14,16). The minimum absolute atomic E-state index is 0.175. The second-order valence-corrected chi connectivity index (χ2v) is 4.18. The Morgan fingerprint density at radius 1 is 1.24 bits per heavy atom. The highest BCUT2D eigenvalue weighted by Gasteiger charge is 2.17. The third-order valence-electron chi connectivity index (χ3n) is 2.70. The summed E-state index contributed by atoms with van der Waals surface area (Å²) in [7, 11) is 0. The lowest BCUT2D eigenvalue weighted by atomic mass is 10.0. The van der Waals surface area contributed by atoms with E-state index in [1.54, 1.807) is 0 Å². The maximum Gasteiger partial charge on any atom is 0.331 e. The van der Waals surface area contributed by atoms with Gasteiger partial charge >= 0.3 is 6.03 Å². The lowest BCUT2D eigenvalue weighted by Gasteiger charge is -2.22.